The molecule has 2 aliphatic rings. The molecule has 0 radical (unpaired) electrons. The first-order chi connectivity index (χ1) is 33.1. The summed E-state index contributed by atoms with van der Waals surface area (Å²) in [6.07, 6.45) is 1.78. The van der Waals surface area contributed by atoms with E-state index in [0.29, 0.717) is 12.1 Å². The number of hydrogen-bond acceptors (Lipinski definition) is 24. The third kappa shape index (κ3) is 11.1. The SMILES string of the molecule is O=C1C=Cc2c(cc(S(=O)(=O)O)c(NNc3ccc(Nc4nc(Cl)nc(Nc5cccc(S(=O)(=O)O)c5)n4)cc3S(=O)(=O)O)c2O)/C1=N/N=C1/C=C(S(=O)(=O)O)c2cc(S(=O)(=O)O)cc(S(=O)(=O)O)c2C1=O. The summed E-state index contributed by atoms with van der Waals surface area (Å²) < 4.78 is 206. The average molecular weight is 1130 g/mol. The number of hydrazine groups is 1. The van der Waals surface area contributed by atoms with Crippen LogP contribution in [0.4, 0.5) is 34.6 Å². The second-order valence-corrected chi connectivity index (χ2v) is 23.0. The van der Waals surface area contributed by atoms with Gasteiger partial charge in [-0.15, -0.1) is 10.2 Å². The third-order valence-corrected chi connectivity index (χ3v) is 14.9. The molecule has 5 aromatic rings. The molecule has 0 spiro atoms. The van der Waals surface area contributed by atoms with Gasteiger partial charge in [-0.25, -0.2) is 0 Å². The fraction of sp³-hybridized carbons (Fsp3) is 0. The number of rotatable bonds is 14. The van der Waals surface area contributed by atoms with Gasteiger partial charge < -0.3 is 15.7 Å². The first kappa shape index (κ1) is 52.6. The van der Waals surface area contributed by atoms with E-state index < -0.39 is 158 Å². The maximum absolute atomic E-state index is 13.6. The molecule has 72 heavy (non-hydrogen) atoms. The van der Waals surface area contributed by atoms with Gasteiger partial charge in [0.05, 0.1) is 21.0 Å². The quantitative estimate of drug-likeness (QED) is 0.0431. The molecular weight excluding hydrogens is 1110 g/mol. The van der Waals surface area contributed by atoms with Gasteiger partial charge in [-0.1, -0.05) is 6.07 Å². The third-order valence-electron chi connectivity index (χ3n) is 9.49. The highest BCUT2D eigenvalue weighted by atomic mass is 35.5. The number of aromatic hydroxyl groups is 1. The van der Waals surface area contributed by atoms with Gasteiger partial charge in [-0.2, -0.15) is 65.5 Å². The van der Waals surface area contributed by atoms with Crippen LogP contribution in [0.25, 0.3) is 11.0 Å². The van der Waals surface area contributed by atoms with E-state index in [0.717, 1.165) is 36.4 Å². The van der Waals surface area contributed by atoms with Crippen LogP contribution in [-0.4, -0.2) is 121 Å². The Kier molecular flexibility index (Phi) is 13.5. The van der Waals surface area contributed by atoms with Crippen molar-refractivity contribution in [3.63, 3.8) is 0 Å². The van der Waals surface area contributed by atoms with Crippen molar-refractivity contribution in [2.75, 3.05) is 21.5 Å². The number of carbonyl (C=O) groups excluding carboxylic acids is 2. The molecule has 0 saturated heterocycles. The predicted molar refractivity (Wildman–Crippen MR) is 247 cm³/mol. The second-order valence-electron chi connectivity index (χ2n) is 14.2. The van der Waals surface area contributed by atoms with Crippen LogP contribution in [-0.2, 0) is 65.5 Å². The van der Waals surface area contributed by atoms with Crippen LogP contribution in [0.5, 0.6) is 5.75 Å². The van der Waals surface area contributed by atoms with Crippen molar-refractivity contribution in [3.05, 3.63) is 100 Å². The zero-order chi connectivity index (χ0) is 53.3. The lowest BCUT2D eigenvalue weighted by atomic mass is 9.93. The van der Waals surface area contributed by atoms with Crippen LogP contribution in [0, 0.1) is 0 Å². The van der Waals surface area contributed by atoms with E-state index in [1.165, 1.54) is 12.1 Å². The first-order valence-electron chi connectivity index (χ1n) is 18.4. The summed E-state index contributed by atoms with van der Waals surface area (Å²) in [5, 5.41) is 23.2. The average Bonchev–Trinajstić information content (AvgIpc) is 3.24. The number of nitrogens with one attached hydrogen (secondary N) is 4. The van der Waals surface area contributed by atoms with Gasteiger partial charge in [-0.3, -0.25) is 47.8 Å². The maximum atomic E-state index is 13.6. The van der Waals surface area contributed by atoms with Crippen molar-refractivity contribution in [1.82, 2.24) is 15.0 Å². The highest BCUT2D eigenvalue weighted by Crippen LogP contribution is 2.41. The minimum atomic E-state index is -5.67. The first-order valence-corrected chi connectivity index (χ1v) is 27.4. The van der Waals surface area contributed by atoms with Crippen LogP contribution in [0.3, 0.4) is 0 Å². The minimum Gasteiger partial charge on any atom is -0.505 e. The zero-order valence-electron chi connectivity index (χ0n) is 34.4. The molecule has 0 atom stereocenters. The molecule has 4 aromatic carbocycles. The van der Waals surface area contributed by atoms with Gasteiger partial charge in [0.15, 0.2) is 0 Å². The summed E-state index contributed by atoms with van der Waals surface area (Å²) in [4.78, 5) is 31.4. The number of ketones is 2. The number of anilines is 6. The van der Waals surface area contributed by atoms with Crippen LogP contribution in [0.15, 0.2) is 107 Å². The molecule has 0 aliphatic heterocycles. The largest absolute Gasteiger partial charge is 0.505 e. The van der Waals surface area contributed by atoms with Crippen LogP contribution in [0.1, 0.15) is 27.0 Å². The highest BCUT2D eigenvalue weighted by Gasteiger charge is 2.38. The number of benzene rings is 4. The number of phenolic OH excluding ortho intramolecular Hbond substituents is 1. The molecule has 0 bridgehead atoms. The molecule has 7 rings (SSSR count). The number of aromatic nitrogens is 3. The minimum absolute atomic E-state index is 0.0615. The Hall–Kier alpha value is -7.20. The molecule has 1 aromatic heterocycles. The summed E-state index contributed by atoms with van der Waals surface area (Å²) in [5.74, 6) is -4.64. The van der Waals surface area contributed by atoms with Gasteiger partial charge in [0.25, 0.3) is 60.7 Å². The highest BCUT2D eigenvalue weighted by molar-refractivity contribution is 7.95. The molecule has 30 nitrogen and oxygen atoms in total. The Bertz CT molecular complexity index is 4110. The Morgan fingerprint density at radius 3 is 1.72 bits per heavy atom. The summed E-state index contributed by atoms with van der Waals surface area (Å²) >= 11 is 6.02. The predicted octanol–water partition coefficient (Wildman–Crippen LogP) is 2.26. The smallest absolute Gasteiger partial charge is 0.296 e. The Morgan fingerprint density at radius 1 is 0.556 bits per heavy atom. The summed E-state index contributed by atoms with van der Waals surface area (Å²) in [6, 6.07) is 8.49. The van der Waals surface area contributed by atoms with Crippen LogP contribution in [0.2, 0.25) is 5.28 Å². The lowest BCUT2D eigenvalue weighted by Gasteiger charge is -2.21. The summed E-state index contributed by atoms with van der Waals surface area (Å²) in [7, 11) is -32.0. The topological polar surface area (TPSA) is 492 Å². The van der Waals surface area contributed by atoms with E-state index >= 15 is 0 Å². The Balaban J connectivity index is 1.24. The monoisotopic (exact) mass is 1130 g/mol. The summed E-state index contributed by atoms with van der Waals surface area (Å²) in [6.45, 7) is 0. The standard InChI is InChI=1S/C35H24ClN9O21S6/c36-33-39-34(37-14-2-1-3-16(8-14)67(49,50)51)41-35(40-33)38-15-4-6-21(25(9-15)70(58,59)60)42-45-30-27(72(64,65)66)12-19-18(31(30)47)5-7-23(46)29(19)44-43-22-13-24(69(55,56)57)20-10-17(68(52,53)54)11-26(71(61,62)63)28(20)32(22)48/h1-13,42,45,47H,(H,49,50,51)(H,52,53,54)(H,55,56,57)(H,58,59,60)(H,61,62,63)(H,64,65,66)(H2,37,38,39,40,41)/b43-22-,44-29-. The van der Waals surface area contributed by atoms with E-state index in [1.807, 2.05) is 0 Å². The number of halogens is 1. The van der Waals surface area contributed by atoms with Gasteiger partial charge in [-0.05, 0) is 84.4 Å². The molecule has 0 unspecified atom stereocenters. The van der Waals surface area contributed by atoms with Crippen LogP contribution < -0.4 is 21.5 Å². The van der Waals surface area contributed by atoms with Crippen molar-refractivity contribution in [3.8, 4) is 5.75 Å². The van der Waals surface area contributed by atoms with Gasteiger partial charge in [0.1, 0.15) is 42.5 Å². The number of allylic oxidation sites excluding steroid dienone is 2. The molecule has 37 heteroatoms. The number of phenols is 1. The zero-order valence-corrected chi connectivity index (χ0v) is 40.1. The molecule has 11 N–H and O–H groups in total. The number of Topliss-reactive ketones (excluding diaryl/α,β-unsaturated/α-hetero) is 1. The van der Waals surface area contributed by atoms with E-state index in [2.05, 4.69) is 46.6 Å². The van der Waals surface area contributed by atoms with Gasteiger partial charge in [0, 0.05) is 28.1 Å². The molecular formula is C35H24ClN9O21S6. The fourth-order valence-electron chi connectivity index (χ4n) is 6.48. The van der Waals surface area contributed by atoms with E-state index in [4.69, 9.17) is 11.6 Å². The second kappa shape index (κ2) is 18.4. The van der Waals surface area contributed by atoms with E-state index in [-0.39, 0.29) is 41.5 Å². The number of fused-ring (bicyclic) bond motifs is 2. The van der Waals surface area contributed by atoms with Crippen LogP contribution >= 0.6 is 11.6 Å². The van der Waals surface area contributed by atoms with Crippen molar-refractivity contribution >= 4 is 141 Å². The lowest BCUT2D eigenvalue weighted by Crippen LogP contribution is -2.25. The molecule has 0 amide bonds. The molecule has 1 heterocycles. The summed E-state index contributed by atoms with van der Waals surface area (Å²) in [5.41, 5.74) is -3.18. The fourth-order valence-corrected chi connectivity index (χ4v) is 10.6. The Morgan fingerprint density at radius 2 is 1.15 bits per heavy atom. The molecule has 0 fully saturated rings. The lowest BCUT2D eigenvalue weighted by molar-refractivity contribution is -0.108. The number of carbonyl (C=O) groups is 2. The van der Waals surface area contributed by atoms with Crippen molar-refractivity contribution in [2.24, 2.45) is 10.2 Å². The van der Waals surface area contributed by atoms with Crippen molar-refractivity contribution in [2.45, 2.75) is 24.5 Å². The van der Waals surface area contributed by atoms with E-state index in [1.54, 1.807) is 0 Å². The van der Waals surface area contributed by atoms with Crippen molar-refractivity contribution < 1.29 is 92.5 Å². The van der Waals surface area contributed by atoms with E-state index in [9.17, 15) is 92.5 Å². The molecule has 378 valence electrons. The molecule has 2 aliphatic carbocycles. The van der Waals surface area contributed by atoms with Gasteiger partial charge in [0.2, 0.25) is 28.7 Å². The number of hydrogen-bond donors (Lipinski definition) is 11. The molecule has 0 saturated carbocycles. The Labute approximate surface area is 408 Å². The number of nitrogens with zero attached hydrogens (tertiary/aromatic N) is 5. The normalized spacial score (nSPS) is 15.5. The van der Waals surface area contributed by atoms with Crippen molar-refractivity contribution in [1.29, 1.82) is 0 Å². The maximum Gasteiger partial charge on any atom is 0.296 e. The van der Waals surface area contributed by atoms with Gasteiger partial charge >= 0.3 is 0 Å².